The van der Waals surface area contributed by atoms with Gasteiger partial charge in [0.2, 0.25) is 0 Å². The van der Waals surface area contributed by atoms with E-state index in [1.54, 1.807) is 6.92 Å². The van der Waals surface area contributed by atoms with Gasteiger partial charge in [0.05, 0.1) is 12.8 Å². The van der Waals surface area contributed by atoms with E-state index in [-0.39, 0.29) is 18.1 Å². The van der Waals surface area contributed by atoms with Crippen LogP contribution in [0.25, 0.3) is 0 Å². The van der Waals surface area contributed by atoms with Crippen LogP contribution in [0.15, 0.2) is 12.4 Å². The normalized spacial score (nSPS) is 11.1. The predicted molar refractivity (Wildman–Crippen MR) is 63.3 cm³/mol. The molecule has 0 atom stereocenters. The minimum Gasteiger partial charge on any atom is -0.464 e. The third-order valence-corrected chi connectivity index (χ3v) is 2.80. The molecule has 0 aromatic carbocycles. The molecule has 0 N–H and O–H groups in total. The lowest BCUT2D eigenvalue weighted by Gasteiger charge is -2.08. The second kappa shape index (κ2) is 5.76. The molecule has 0 saturated carbocycles. The molecule has 2 aromatic rings. The molecule has 0 radical (unpaired) electrons. The van der Waals surface area contributed by atoms with E-state index in [9.17, 15) is 13.6 Å². The van der Waals surface area contributed by atoms with Crippen LogP contribution in [0, 0.1) is 0 Å². The minimum absolute atomic E-state index is 0.00447. The summed E-state index contributed by atoms with van der Waals surface area (Å²) in [4.78, 5) is 15.4. The second-order valence-corrected chi connectivity index (χ2v) is 3.92. The molecule has 0 fully saturated rings. The first-order valence-corrected chi connectivity index (χ1v) is 5.89. The van der Waals surface area contributed by atoms with Crippen LogP contribution in [0.1, 0.15) is 35.5 Å². The summed E-state index contributed by atoms with van der Waals surface area (Å²) >= 11 is 0. The molecule has 2 heterocycles. The van der Waals surface area contributed by atoms with Crippen molar-refractivity contribution in [3.63, 3.8) is 0 Å². The average molecular weight is 285 g/mol. The van der Waals surface area contributed by atoms with Crippen LogP contribution in [-0.2, 0) is 17.7 Å². The van der Waals surface area contributed by atoms with Crippen molar-refractivity contribution in [1.29, 1.82) is 0 Å². The van der Waals surface area contributed by atoms with Crippen LogP contribution in [0.2, 0.25) is 0 Å². The van der Waals surface area contributed by atoms with E-state index in [0.29, 0.717) is 12.1 Å². The number of hydrogen-bond acceptors (Lipinski definition) is 5. The molecule has 0 aliphatic rings. The number of alkyl halides is 2. The molecule has 0 bridgehead atoms. The fourth-order valence-electron chi connectivity index (χ4n) is 1.84. The molecular weight excluding hydrogens is 272 g/mol. The van der Waals surface area contributed by atoms with Crippen molar-refractivity contribution >= 4 is 5.97 Å². The number of hydrogen-bond donors (Lipinski definition) is 0. The van der Waals surface area contributed by atoms with Crippen LogP contribution >= 0.6 is 0 Å². The van der Waals surface area contributed by atoms with Crippen molar-refractivity contribution in [1.82, 2.24) is 24.5 Å². The van der Waals surface area contributed by atoms with Gasteiger partial charge in [-0.1, -0.05) is 12.1 Å². The van der Waals surface area contributed by atoms with E-state index >= 15 is 0 Å². The van der Waals surface area contributed by atoms with Crippen molar-refractivity contribution in [2.75, 3.05) is 7.11 Å². The number of carbonyl (C=O) groups excluding carboxylic acids is 1. The van der Waals surface area contributed by atoms with Crippen LogP contribution in [0.5, 0.6) is 0 Å². The summed E-state index contributed by atoms with van der Waals surface area (Å²) in [6, 6.07) is 0. The predicted octanol–water partition coefficient (Wildman–Crippen LogP) is 1.27. The molecule has 20 heavy (non-hydrogen) atoms. The van der Waals surface area contributed by atoms with Crippen molar-refractivity contribution in [2.45, 2.75) is 26.4 Å². The summed E-state index contributed by atoms with van der Waals surface area (Å²) in [6.07, 6.45) is 2.93. The van der Waals surface area contributed by atoms with E-state index in [1.165, 1.54) is 24.2 Å². The first kappa shape index (κ1) is 14.1. The summed E-state index contributed by atoms with van der Waals surface area (Å²) in [5, 5.41) is 7.53. The van der Waals surface area contributed by atoms with Crippen LogP contribution in [0.4, 0.5) is 8.78 Å². The number of nitrogens with zero attached hydrogens (tertiary/aromatic N) is 5. The average Bonchev–Trinajstić information content (AvgIpc) is 3.04. The zero-order valence-electron chi connectivity index (χ0n) is 11.0. The minimum atomic E-state index is -2.68. The molecule has 2 aromatic heterocycles. The molecule has 0 unspecified atom stereocenters. The van der Waals surface area contributed by atoms with Gasteiger partial charge in [-0.15, -0.1) is 5.10 Å². The first-order chi connectivity index (χ1) is 9.58. The molecular formula is C11H13F2N5O2. The molecule has 0 amide bonds. The van der Waals surface area contributed by atoms with Gasteiger partial charge < -0.3 is 4.74 Å². The Bertz CT molecular complexity index is 608. The highest BCUT2D eigenvalue weighted by Crippen LogP contribution is 2.15. The molecule has 0 saturated heterocycles. The number of aromatic nitrogens is 5. The van der Waals surface area contributed by atoms with E-state index < -0.39 is 12.5 Å². The van der Waals surface area contributed by atoms with E-state index in [2.05, 4.69) is 20.0 Å². The maximum Gasteiger partial charge on any atom is 0.360 e. The highest BCUT2D eigenvalue weighted by molar-refractivity contribution is 5.88. The molecule has 0 spiro atoms. The number of esters is 1. The lowest BCUT2D eigenvalue weighted by molar-refractivity contribution is 0.0591. The SMILES string of the molecule is CCc1c(C(=O)OC)nnn1Cc1nccn1C(F)F. The zero-order valence-corrected chi connectivity index (χ0v) is 11.0. The van der Waals surface area contributed by atoms with Gasteiger partial charge >= 0.3 is 12.5 Å². The molecule has 7 nitrogen and oxygen atoms in total. The fourth-order valence-corrected chi connectivity index (χ4v) is 1.84. The Hall–Kier alpha value is -2.32. The van der Waals surface area contributed by atoms with Crippen molar-refractivity contribution in [3.8, 4) is 0 Å². The van der Waals surface area contributed by atoms with Gasteiger partial charge in [0, 0.05) is 12.4 Å². The topological polar surface area (TPSA) is 74.8 Å². The maximum absolute atomic E-state index is 12.7. The molecule has 108 valence electrons. The van der Waals surface area contributed by atoms with Gasteiger partial charge in [0.25, 0.3) is 0 Å². The maximum atomic E-state index is 12.7. The van der Waals surface area contributed by atoms with Crippen LogP contribution < -0.4 is 0 Å². The fraction of sp³-hybridized carbons (Fsp3) is 0.455. The monoisotopic (exact) mass is 285 g/mol. The number of rotatable bonds is 5. The quantitative estimate of drug-likeness (QED) is 0.773. The third-order valence-electron chi connectivity index (χ3n) is 2.80. The van der Waals surface area contributed by atoms with Gasteiger partial charge in [0.1, 0.15) is 12.4 Å². The van der Waals surface area contributed by atoms with E-state index in [1.807, 2.05) is 0 Å². The Morgan fingerprint density at radius 2 is 2.25 bits per heavy atom. The largest absolute Gasteiger partial charge is 0.464 e. The van der Waals surface area contributed by atoms with Gasteiger partial charge in [-0.05, 0) is 6.42 Å². The number of carbonyl (C=O) groups is 1. The van der Waals surface area contributed by atoms with E-state index in [0.717, 1.165) is 4.57 Å². The Kier molecular flexibility index (Phi) is 4.06. The number of methoxy groups -OCH3 is 1. The number of halogens is 2. The third kappa shape index (κ3) is 2.51. The summed E-state index contributed by atoms with van der Waals surface area (Å²) in [7, 11) is 1.24. The zero-order chi connectivity index (χ0) is 14.7. The standard InChI is InChI=1S/C11H13F2N5O2/c1-3-7-9(10(19)20-2)15-16-18(7)6-8-14-4-5-17(8)11(12)13/h4-5,11H,3,6H2,1-2H3. The highest BCUT2D eigenvalue weighted by atomic mass is 19.3. The summed E-state index contributed by atoms with van der Waals surface area (Å²) in [6.45, 7) is -0.868. The highest BCUT2D eigenvalue weighted by Gasteiger charge is 2.20. The summed E-state index contributed by atoms with van der Waals surface area (Å²) in [5.41, 5.74) is 0.603. The Morgan fingerprint density at radius 1 is 1.50 bits per heavy atom. The lowest BCUT2D eigenvalue weighted by Crippen LogP contribution is -2.13. The summed E-state index contributed by atoms with van der Waals surface area (Å²) in [5.74, 6) is -0.471. The Labute approximate surface area is 113 Å². The van der Waals surface area contributed by atoms with Crippen molar-refractivity contribution < 1.29 is 18.3 Å². The smallest absolute Gasteiger partial charge is 0.360 e. The van der Waals surface area contributed by atoms with Crippen LogP contribution in [0.3, 0.4) is 0 Å². The van der Waals surface area contributed by atoms with Crippen molar-refractivity contribution in [2.24, 2.45) is 0 Å². The van der Waals surface area contributed by atoms with Gasteiger partial charge in [-0.3, -0.25) is 4.57 Å². The van der Waals surface area contributed by atoms with E-state index in [4.69, 9.17) is 0 Å². The lowest BCUT2D eigenvalue weighted by atomic mass is 10.2. The van der Waals surface area contributed by atoms with Crippen molar-refractivity contribution in [3.05, 3.63) is 29.6 Å². The Balaban J connectivity index is 2.32. The number of ether oxygens (including phenoxy) is 1. The van der Waals surface area contributed by atoms with Gasteiger partial charge in [0.15, 0.2) is 5.69 Å². The van der Waals surface area contributed by atoms with Gasteiger partial charge in [-0.25, -0.2) is 14.5 Å². The Morgan fingerprint density at radius 3 is 2.85 bits per heavy atom. The van der Waals surface area contributed by atoms with Gasteiger partial charge in [-0.2, -0.15) is 8.78 Å². The molecule has 2 rings (SSSR count). The van der Waals surface area contributed by atoms with Crippen LogP contribution in [-0.4, -0.2) is 37.6 Å². The molecule has 0 aliphatic heterocycles. The molecule has 0 aliphatic carbocycles. The first-order valence-electron chi connectivity index (χ1n) is 5.89. The summed E-state index contributed by atoms with van der Waals surface area (Å²) < 4.78 is 32.2. The second-order valence-electron chi connectivity index (χ2n) is 3.92. The molecule has 9 heteroatoms. The number of imidazole rings is 1.